The van der Waals surface area contributed by atoms with Gasteiger partial charge in [-0.05, 0) is 89.9 Å². The minimum absolute atomic E-state index is 0.326. The summed E-state index contributed by atoms with van der Waals surface area (Å²) in [5.41, 5.74) is 8.15. The standard InChI is InChI=1S/C40H54O5Si/c1-10-43-38(39(41)44-11-2)28-32-12-22-37(23-13-32)45-27-25-31(4)34-16-20-36(21-17-34)35-18-14-33(15-19-35)30(3)24-26-42-29-46(8,9)40(5,6)7/h12-25,38H,10-11,26-29H2,1-9H3/b30-24?,31-25+/t38-/m0/s1. The Morgan fingerprint density at radius 2 is 1.28 bits per heavy atom. The molecule has 0 aliphatic heterocycles. The Kier molecular flexibility index (Phi) is 14.0. The minimum Gasteiger partial charge on any atom is -0.490 e. The molecule has 3 aromatic rings. The first kappa shape index (κ1) is 37.0. The SMILES string of the molecule is CCOC(=O)[C@H](Cc1ccc(OC/C=C(\C)c2ccc(-c3ccc(C(C)=CCOC[Si](C)(C)C(C)(C)C)cc3)cc2)cc1)OCC. The van der Waals surface area contributed by atoms with E-state index in [1.807, 2.05) is 31.2 Å². The van der Waals surface area contributed by atoms with Gasteiger partial charge < -0.3 is 18.9 Å². The van der Waals surface area contributed by atoms with Gasteiger partial charge in [0.1, 0.15) is 12.4 Å². The summed E-state index contributed by atoms with van der Waals surface area (Å²) in [6.45, 7) is 21.6. The Hall–Kier alpha value is -3.45. The van der Waals surface area contributed by atoms with Crippen LogP contribution in [0.2, 0.25) is 18.1 Å². The molecular weight excluding hydrogens is 589 g/mol. The van der Waals surface area contributed by atoms with E-state index >= 15 is 0 Å². The Morgan fingerprint density at radius 3 is 1.76 bits per heavy atom. The van der Waals surface area contributed by atoms with Crippen LogP contribution in [0.4, 0.5) is 0 Å². The summed E-state index contributed by atoms with van der Waals surface area (Å²) >= 11 is 0. The zero-order valence-corrected chi connectivity index (χ0v) is 30.4. The van der Waals surface area contributed by atoms with Crippen molar-refractivity contribution in [2.24, 2.45) is 0 Å². The lowest BCUT2D eigenvalue weighted by atomic mass is 9.98. The van der Waals surface area contributed by atoms with E-state index < -0.39 is 14.2 Å². The van der Waals surface area contributed by atoms with Crippen molar-refractivity contribution in [2.75, 3.05) is 32.7 Å². The van der Waals surface area contributed by atoms with Crippen molar-refractivity contribution in [3.05, 3.63) is 102 Å². The highest BCUT2D eigenvalue weighted by Gasteiger charge is 2.35. The fraction of sp³-hybridized carbons (Fsp3) is 0.425. The number of ether oxygens (including phenoxy) is 4. The third kappa shape index (κ3) is 11.1. The van der Waals surface area contributed by atoms with E-state index in [9.17, 15) is 4.79 Å². The molecule has 0 aromatic heterocycles. The molecule has 0 spiro atoms. The number of benzene rings is 3. The second kappa shape index (κ2) is 17.5. The average Bonchev–Trinajstić information content (AvgIpc) is 3.03. The smallest absolute Gasteiger partial charge is 0.335 e. The lowest BCUT2D eigenvalue weighted by Gasteiger charge is -2.36. The molecule has 248 valence electrons. The van der Waals surface area contributed by atoms with E-state index in [0.29, 0.717) is 37.9 Å². The molecule has 3 rings (SSSR count). The van der Waals surface area contributed by atoms with Gasteiger partial charge >= 0.3 is 5.97 Å². The van der Waals surface area contributed by atoms with E-state index in [2.05, 4.69) is 108 Å². The fourth-order valence-electron chi connectivity index (χ4n) is 4.65. The fourth-order valence-corrected chi connectivity index (χ4v) is 5.71. The third-order valence-corrected chi connectivity index (χ3v) is 13.9. The average molecular weight is 643 g/mol. The van der Waals surface area contributed by atoms with Crippen LogP contribution in [0.3, 0.4) is 0 Å². The summed E-state index contributed by atoms with van der Waals surface area (Å²) in [5, 5.41) is 0.335. The molecule has 0 radical (unpaired) electrons. The molecule has 0 N–H and O–H groups in total. The van der Waals surface area contributed by atoms with Crippen LogP contribution in [0, 0.1) is 0 Å². The molecule has 0 unspecified atom stereocenters. The zero-order chi connectivity index (χ0) is 33.7. The molecule has 3 aromatic carbocycles. The first-order valence-electron chi connectivity index (χ1n) is 16.5. The topological polar surface area (TPSA) is 54.0 Å². The number of allylic oxidation sites excluding steroid dienone is 2. The van der Waals surface area contributed by atoms with Gasteiger partial charge in [-0.3, -0.25) is 0 Å². The van der Waals surface area contributed by atoms with Gasteiger partial charge in [-0.1, -0.05) is 101 Å². The third-order valence-electron chi connectivity index (χ3n) is 8.92. The lowest BCUT2D eigenvalue weighted by molar-refractivity contribution is -0.156. The van der Waals surface area contributed by atoms with Crippen LogP contribution in [0.25, 0.3) is 22.3 Å². The van der Waals surface area contributed by atoms with Gasteiger partial charge in [0.2, 0.25) is 0 Å². The quantitative estimate of drug-likeness (QED) is 0.0885. The Morgan fingerprint density at radius 1 is 0.761 bits per heavy atom. The van der Waals surface area contributed by atoms with Crippen molar-refractivity contribution in [3.63, 3.8) is 0 Å². The predicted molar refractivity (Wildman–Crippen MR) is 195 cm³/mol. The molecule has 0 fully saturated rings. The van der Waals surface area contributed by atoms with Crippen LogP contribution < -0.4 is 4.74 Å². The van der Waals surface area contributed by atoms with Crippen LogP contribution in [-0.4, -0.2) is 52.8 Å². The summed E-state index contributed by atoms with van der Waals surface area (Å²) in [4.78, 5) is 12.1. The number of carbonyl (C=O) groups is 1. The Bertz CT molecular complexity index is 1430. The Balaban J connectivity index is 1.51. The summed E-state index contributed by atoms with van der Waals surface area (Å²) in [6, 6.07) is 25.2. The van der Waals surface area contributed by atoms with Crippen molar-refractivity contribution >= 4 is 25.2 Å². The molecule has 0 saturated carbocycles. The number of hydrogen-bond acceptors (Lipinski definition) is 5. The molecule has 46 heavy (non-hydrogen) atoms. The molecule has 0 amide bonds. The van der Waals surface area contributed by atoms with Crippen molar-refractivity contribution in [3.8, 4) is 16.9 Å². The van der Waals surface area contributed by atoms with Crippen molar-refractivity contribution < 1.29 is 23.7 Å². The normalized spacial score (nSPS) is 13.4. The monoisotopic (exact) mass is 642 g/mol. The number of hydrogen-bond donors (Lipinski definition) is 0. The number of esters is 1. The van der Waals surface area contributed by atoms with Crippen molar-refractivity contribution in [1.29, 1.82) is 0 Å². The highest BCUT2D eigenvalue weighted by atomic mass is 28.3. The van der Waals surface area contributed by atoms with Crippen LogP contribution in [0.1, 0.15) is 65.2 Å². The minimum atomic E-state index is -1.42. The molecule has 0 aliphatic carbocycles. The molecule has 1 atom stereocenters. The number of carbonyl (C=O) groups excluding carboxylic acids is 1. The van der Waals surface area contributed by atoms with E-state index in [4.69, 9.17) is 18.9 Å². The number of rotatable bonds is 16. The zero-order valence-electron chi connectivity index (χ0n) is 29.4. The van der Waals surface area contributed by atoms with Crippen molar-refractivity contribution in [2.45, 2.75) is 79.1 Å². The Labute approximate surface area is 278 Å². The molecule has 5 nitrogen and oxygen atoms in total. The van der Waals surface area contributed by atoms with E-state index in [0.717, 1.165) is 28.7 Å². The van der Waals surface area contributed by atoms with Crippen LogP contribution in [-0.2, 0) is 25.4 Å². The molecule has 0 heterocycles. The summed E-state index contributed by atoms with van der Waals surface area (Å²) < 4.78 is 22.8. The highest BCUT2D eigenvalue weighted by Crippen LogP contribution is 2.36. The maximum absolute atomic E-state index is 12.1. The van der Waals surface area contributed by atoms with E-state index in [-0.39, 0.29) is 5.97 Å². The second-order valence-electron chi connectivity index (χ2n) is 13.4. The molecular formula is C40H54O5Si. The van der Waals surface area contributed by atoms with Gasteiger partial charge in [-0.15, -0.1) is 0 Å². The maximum Gasteiger partial charge on any atom is 0.335 e. The largest absolute Gasteiger partial charge is 0.490 e. The summed E-state index contributed by atoms with van der Waals surface area (Å²) in [6.07, 6.45) is 5.03. The van der Waals surface area contributed by atoms with Crippen LogP contribution in [0.5, 0.6) is 5.75 Å². The summed E-state index contributed by atoms with van der Waals surface area (Å²) in [7, 11) is -1.42. The van der Waals surface area contributed by atoms with Gasteiger partial charge in [0.05, 0.1) is 21.3 Å². The molecule has 0 saturated heterocycles. The van der Waals surface area contributed by atoms with Crippen LogP contribution >= 0.6 is 0 Å². The first-order valence-corrected chi connectivity index (χ1v) is 19.7. The van der Waals surface area contributed by atoms with Crippen LogP contribution in [0.15, 0.2) is 84.9 Å². The van der Waals surface area contributed by atoms with E-state index in [1.165, 1.54) is 22.3 Å². The predicted octanol–water partition coefficient (Wildman–Crippen LogP) is 9.81. The second-order valence-corrected chi connectivity index (χ2v) is 19.0. The lowest BCUT2D eigenvalue weighted by Crippen LogP contribution is -2.42. The molecule has 0 aliphatic rings. The highest BCUT2D eigenvalue weighted by molar-refractivity contribution is 6.80. The molecule has 0 bridgehead atoms. The van der Waals surface area contributed by atoms with Gasteiger partial charge in [0.15, 0.2) is 6.10 Å². The van der Waals surface area contributed by atoms with Gasteiger partial charge in [0, 0.05) is 19.3 Å². The van der Waals surface area contributed by atoms with Gasteiger partial charge in [-0.2, -0.15) is 0 Å². The van der Waals surface area contributed by atoms with Crippen molar-refractivity contribution in [1.82, 2.24) is 0 Å². The van der Waals surface area contributed by atoms with Gasteiger partial charge in [-0.25, -0.2) is 4.79 Å². The maximum atomic E-state index is 12.1. The van der Waals surface area contributed by atoms with Gasteiger partial charge in [0.25, 0.3) is 0 Å². The molecule has 6 heteroatoms. The first-order chi connectivity index (χ1) is 21.8. The summed E-state index contributed by atoms with van der Waals surface area (Å²) in [5.74, 6) is 0.452. The van der Waals surface area contributed by atoms with E-state index in [1.54, 1.807) is 6.92 Å².